The first-order valence-corrected chi connectivity index (χ1v) is 6.09. The van der Waals surface area contributed by atoms with Gasteiger partial charge in [-0.1, -0.05) is 29.3 Å². The highest BCUT2D eigenvalue weighted by Gasteiger charge is 2.26. The van der Waals surface area contributed by atoms with E-state index >= 15 is 0 Å². The molecule has 1 aromatic rings. The van der Waals surface area contributed by atoms with Gasteiger partial charge in [-0.3, -0.25) is 14.9 Å². The van der Waals surface area contributed by atoms with Gasteiger partial charge in [0, 0.05) is 12.3 Å². The zero-order valence-corrected chi connectivity index (χ0v) is 10.5. The van der Waals surface area contributed by atoms with Crippen LogP contribution in [-0.4, -0.2) is 11.8 Å². The third kappa shape index (κ3) is 2.99. The molecule has 1 aromatic carbocycles. The molecule has 1 fully saturated rings. The van der Waals surface area contributed by atoms with Gasteiger partial charge in [-0.25, -0.2) is 0 Å². The van der Waals surface area contributed by atoms with Crippen molar-refractivity contribution in [3.63, 3.8) is 0 Å². The van der Waals surface area contributed by atoms with E-state index in [1.807, 2.05) is 6.07 Å². The summed E-state index contributed by atoms with van der Waals surface area (Å²) in [6, 6.07) is 5.32. The fraction of sp³-hybridized carbons (Fsp3) is 0.333. The minimum atomic E-state index is -0.202. The molecule has 1 aliphatic rings. The molecular weight excluding hydrogens is 261 g/mol. The van der Waals surface area contributed by atoms with Crippen LogP contribution in [0.25, 0.3) is 0 Å². The van der Waals surface area contributed by atoms with E-state index in [0.717, 1.165) is 5.56 Å². The molecule has 1 heterocycles. The Kier molecular flexibility index (Phi) is 3.69. The van der Waals surface area contributed by atoms with Crippen molar-refractivity contribution in [1.29, 1.82) is 0 Å². The van der Waals surface area contributed by atoms with Gasteiger partial charge in [0.2, 0.25) is 11.8 Å². The van der Waals surface area contributed by atoms with Crippen LogP contribution in [-0.2, 0) is 16.0 Å². The summed E-state index contributed by atoms with van der Waals surface area (Å²) < 4.78 is 0. The molecule has 5 heteroatoms. The lowest BCUT2D eigenvalue weighted by Gasteiger charge is -2.20. The normalized spacial score (nSPS) is 20.2. The zero-order chi connectivity index (χ0) is 12.4. The number of piperidine rings is 1. The zero-order valence-electron chi connectivity index (χ0n) is 9.00. The molecule has 3 nitrogen and oxygen atoms in total. The molecule has 90 valence electrons. The summed E-state index contributed by atoms with van der Waals surface area (Å²) in [5.74, 6) is -0.558. The molecule has 17 heavy (non-hydrogen) atoms. The molecule has 0 aliphatic carbocycles. The standard InChI is InChI=1S/C12H11Cl2NO2/c13-9-3-1-7(6-10(9)14)5-8-2-4-11(16)15-12(8)17/h1,3,6,8H,2,4-5H2,(H,15,16,17). The number of hydrogen-bond donors (Lipinski definition) is 1. The van der Waals surface area contributed by atoms with E-state index in [4.69, 9.17) is 23.2 Å². The Balaban J connectivity index is 2.08. The molecule has 0 spiro atoms. The van der Waals surface area contributed by atoms with E-state index in [-0.39, 0.29) is 17.7 Å². The highest BCUT2D eigenvalue weighted by molar-refractivity contribution is 6.42. The summed E-state index contributed by atoms with van der Waals surface area (Å²) in [4.78, 5) is 22.6. The van der Waals surface area contributed by atoms with E-state index in [9.17, 15) is 9.59 Å². The van der Waals surface area contributed by atoms with Crippen LogP contribution in [0.4, 0.5) is 0 Å². The predicted molar refractivity (Wildman–Crippen MR) is 66.0 cm³/mol. The quantitative estimate of drug-likeness (QED) is 0.841. The largest absolute Gasteiger partial charge is 0.296 e. The fourth-order valence-corrected chi connectivity index (χ4v) is 2.20. The van der Waals surface area contributed by atoms with Crippen LogP contribution in [0.1, 0.15) is 18.4 Å². The molecule has 2 amide bonds. The van der Waals surface area contributed by atoms with Crippen LogP contribution in [0.3, 0.4) is 0 Å². The van der Waals surface area contributed by atoms with E-state index in [2.05, 4.69) is 5.32 Å². The van der Waals surface area contributed by atoms with Gasteiger partial charge in [-0.2, -0.15) is 0 Å². The first-order valence-electron chi connectivity index (χ1n) is 5.34. The lowest BCUT2D eigenvalue weighted by molar-refractivity contribution is -0.136. The van der Waals surface area contributed by atoms with Gasteiger partial charge < -0.3 is 0 Å². The number of rotatable bonds is 2. The monoisotopic (exact) mass is 271 g/mol. The maximum atomic E-state index is 11.6. The summed E-state index contributed by atoms with van der Waals surface area (Å²) in [5, 5.41) is 3.32. The number of carbonyl (C=O) groups excluding carboxylic acids is 2. The van der Waals surface area contributed by atoms with Gasteiger partial charge >= 0.3 is 0 Å². The van der Waals surface area contributed by atoms with Crippen molar-refractivity contribution in [2.45, 2.75) is 19.3 Å². The summed E-state index contributed by atoms with van der Waals surface area (Å²) in [5.41, 5.74) is 0.953. The average Bonchev–Trinajstić information content (AvgIpc) is 2.27. The fourth-order valence-electron chi connectivity index (χ4n) is 1.88. The Morgan fingerprint density at radius 1 is 1.24 bits per heavy atom. The van der Waals surface area contributed by atoms with Crippen molar-refractivity contribution < 1.29 is 9.59 Å². The smallest absolute Gasteiger partial charge is 0.230 e. The Hall–Kier alpha value is -1.06. The van der Waals surface area contributed by atoms with Crippen molar-refractivity contribution in [3.8, 4) is 0 Å². The van der Waals surface area contributed by atoms with Crippen LogP contribution >= 0.6 is 23.2 Å². The summed E-state index contributed by atoms with van der Waals surface area (Å²) in [6.45, 7) is 0. The van der Waals surface area contributed by atoms with Crippen molar-refractivity contribution in [1.82, 2.24) is 5.32 Å². The number of amides is 2. The average molecular weight is 272 g/mol. The minimum Gasteiger partial charge on any atom is -0.296 e. The van der Waals surface area contributed by atoms with Gasteiger partial charge in [-0.05, 0) is 30.5 Å². The molecule has 1 aliphatic heterocycles. The third-order valence-corrected chi connectivity index (χ3v) is 3.56. The number of imide groups is 1. The minimum absolute atomic E-state index is 0.162. The van der Waals surface area contributed by atoms with Crippen LogP contribution in [0.15, 0.2) is 18.2 Å². The molecule has 1 saturated heterocycles. The van der Waals surface area contributed by atoms with Crippen molar-refractivity contribution in [3.05, 3.63) is 33.8 Å². The third-order valence-electron chi connectivity index (χ3n) is 2.82. The second-order valence-electron chi connectivity index (χ2n) is 4.10. The summed E-state index contributed by atoms with van der Waals surface area (Å²) in [7, 11) is 0. The van der Waals surface area contributed by atoms with Gasteiger partial charge in [0.25, 0.3) is 0 Å². The maximum Gasteiger partial charge on any atom is 0.230 e. The molecule has 0 radical (unpaired) electrons. The van der Waals surface area contributed by atoms with E-state index in [1.54, 1.807) is 12.1 Å². The Morgan fingerprint density at radius 3 is 2.65 bits per heavy atom. The number of hydrogen-bond acceptors (Lipinski definition) is 2. The number of benzene rings is 1. The van der Waals surface area contributed by atoms with E-state index < -0.39 is 0 Å². The summed E-state index contributed by atoms with van der Waals surface area (Å²) in [6.07, 6.45) is 1.57. The van der Waals surface area contributed by atoms with Crippen molar-refractivity contribution >= 4 is 35.0 Å². The first-order chi connectivity index (χ1) is 8.06. The maximum absolute atomic E-state index is 11.6. The first kappa shape index (κ1) is 12.4. The molecule has 0 saturated carbocycles. The predicted octanol–water partition coefficient (Wildman–Crippen LogP) is 2.59. The summed E-state index contributed by atoms with van der Waals surface area (Å²) >= 11 is 11.7. The number of halogens is 2. The SMILES string of the molecule is O=C1CCC(Cc2ccc(Cl)c(Cl)c2)C(=O)N1. The second-order valence-corrected chi connectivity index (χ2v) is 4.92. The van der Waals surface area contributed by atoms with Gasteiger partial charge in [0.05, 0.1) is 10.0 Å². The lowest BCUT2D eigenvalue weighted by Crippen LogP contribution is -2.41. The van der Waals surface area contributed by atoms with Crippen LogP contribution < -0.4 is 5.32 Å². The molecular formula is C12H11Cl2NO2. The second kappa shape index (κ2) is 5.07. The van der Waals surface area contributed by atoms with Gasteiger partial charge in [0.1, 0.15) is 0 Å². The van der Waals surface area contributed by atoms with Crippen LogP contribution in [0, 0.1) is 5.92 Å². The Morgan fingerprint density at radius 2 is 2.00 bits per heavy atom. The molecule has 1 N–H and O–H groups in total. The molecule has 0 bridgehead atoms. The lowest BCUT2D eigenvalue weighted by atomic mass is 9.91. The highest BCUT2D eigenvalue weighted by atomic mass is 35.5. The molecule has 2 rings (SSSR count). The number of carbonyl (C=O) groups is 2. The Labute approximate surface area is 109 Å². The van der Waals surface area contributed by atoms with Crippen LogP contribution in [0.5, 0.6) is 0 Å². The van der Waals surface area contributed by atoms with Gasteiger partial charge in [-0.15, -0.1) is 0 Å². The van der Waals surface area contributed by atoms with Gasteiger partial charge in [0.15, 0.2) is 0 Å². The van der Waals surface area contributed by atoms with Crippen LogP contribution in [0.2, 0.25) is 10.0 Å². The van der Waals surface area contributed by atoms with E-state index in [0.29, 0.717) is 29.3 Å². The number of nitrogens with one attached hydrogen (secondary N) is 1. The van der Waals surface area contributed by atoms with E-state index in [1.165, 1.54) is 0 Å². The van der Waals surface area contributed by atoms with Crippen molar-refractivity contribution in [2.75, 3.05) is 0 Å². The highest BCUT2D eigenvalue weighted by Crippen LogP contribution is 2.25. The van der Waals surface area contributed by atoms with Crippen molar-refractivity contribution in [2.24, 2.45) is 5.92 Å². The molecule has 1 unspecified atom stereocenters. The molecule has 1 atom stereocenters. The topological polar surface area (TPSA) is 46.2 Å². The Bertz CT molecular complexity index is 474. The molecule has 0 aromatic heterocycles.